The van der Waals surface area contributed by atoms with Crippen molar-refractivity contribution in [2.24, 2.45) is 5.92 Å². The van der Waals surface area contributed by atoms with Crippen LogP contribution in [0.5, 0.6) is 0 Å². The van der Waals surface area contributed by atoms with E-state index in [1.807, 2.05) is 0 Å². The van der Waals surface area contributed by atoms with Crippen LogP contribution in [-0.2, 0) is 34.7 Å². The summed E-state index contributed by atoms with van der Waals surface area (Å²) in [5.41, 5.74) is 0. The first-order valence-electron chi connectivity index (χ1n) is 11.0. The van der Waals surface area contributed by atoms with E-state index in [1.54, 1.807) is 13.8 Å². The molecule has 13 heteroatoms. The molecule has 2 heterocycles. The third-order valence-electron chi connectivity index (χ3n) is 6.19. The number of hydrogen-bond donors (Lipinski definition) is 0. The highest BCUT2D eigenvalue weighted by Crippen LogP contribution is 2.27. The molecule has 0 spiro atoms. The number of rotatable bonds is 7. The van der Waals surface area contributed by atoms with Crippen LogP contribution >= 0.6 is 0 Å². The largest absolute Gasteiger partial charge is 0.340 e. The van der Waals surface area contributed by atoms with Crippen molar-refractivity contribution in [2.45, 2.75) is 36.5 Å². The molecule has 0 radical (unpaired) electrons. The molecule has 1 amide bonds. The Balaban J connectivity index is 1.74. The normalized spacial score (nSPS) is 22.4. The van der Waals surface area contributed by atoms with Crippen LogP contribution in [0.15, 0.2) is 34.1 Å². The van der Waals surface area contributed by atoms with Gasteiger partial charge in [0.05, 0.1) is 27.2 Å². The third-order valence-corrected chi connectivity index (χ3v) is 11.7. The molecule has 2 fully saturated rings. The summed E-state index contributed by atoms with van der Waals surface area (Å²) < 4.78 is 77.5. The van der Waals surface area contributed by atoms with Gasteiger partial charge in [-0.2, -0.15) is 8.61 Å². The summed E-state index contributed by atoms with van der Waals surface area (Å²) in [6, 6.07) is 5.15. The topological polar surface area (TPSA) is 129 Å². The Kier molecular flexibility index (Phi) is 7.89. The maximum Gasteiger partial charge on any atom is 0.243 e. The molecule has 0 aromatic heterocycles. The summed E-state index contributed by atoms with van der Waals surface area (Å²) in [5.74, 6) is -0.894. The van der Waals surface area contributed by atoms with Gasteiger partial charge in [0, 0.05) is 39.3 Å². The highest BCUT2D eigenvalue weighted by atomic mass is 32.2. The number of hydrogen-bond acceptors (Lipinski definition) is 7. The van der Waals surface area contributed by atoms with Crippen molar-refractivity contribution in [3.8, 4) is 0 Å². The first-order valence-corrected chi connectivity index (χ1v) is 15.7. The first-order chi connectivity index (χ1) is 15.4. The minimum atomic E-state index is -3.91. The van der Waals surface area contributed by atoms with E-state index in [0.29, 0.717) is 25.9 Å². The fraction of sp³-hybridized carbons (Fsp3) is 0.650. The summed E-state index contributed by atoms with van der Waals surface area (Å²) >= 11 is 0. The fourth-order valence-electron chi connectivity index (χ4n) is 4.20. The van der Waals surface area contributed by atoms with E-state index in [1.165, 1.54) is 37.8 Å². The molecular formula is C20H31N3O7S3. The van der Waals surface area contributed by atoms with Gasteiger partial charge in [0.1, 0.15) is 0 Å². The Labute approximate surface area is 196 Å². The predicted octanol–water partition coefficient (Wildman–Crippen LogP) is 0.375. The summed E-state index contributed by atoms with van der Waals surface area (Å²) in [4.78, 5) is 14.4. The molecule has 0 bridgehead atoms. The fourth-order valence-corrected chi connectivity index (χ4v) is 8.38. The summed E-state index contributed by atoms with van der Waals surface area (Å²) in [7, 11) is -10.7. The molecule has 33 heavy (non-hydrogen) atoms. The maximum atomic E-state index is 13.2. The molecule has 2 aliphatic rings. The van der Waals surface area contributed by atoms with E-state index in [0.717, 1.165) is 0 Å². The molecule has 1 atom stereocenters. The van der Waals surface area contributed by atoms with Gasteiger partial charge in [0.15, 0.2) is 9.84 Å². The Morgan fingerprint density at radius 3 is 2.06 bits per heavy atom. The minimum Gasteiger partial charge on any atom is -0.340 e. The zero-order chi connectivity index (χ0) is 24.4. The molecule has 0 aliphatic carbocycles. The molecule has 186 valence electrons. The van der Waals surface area contributed by atoms with Crippen molar-refractivity contribution in [3.05, 3.63) is 24.3 Å². The SMILES string of the molecule is CCN(CC)S(=O)(=O)c1ccc(S(=O)(=O)N2CCC[C@@H](C(=O)N3CCS(=O)(=O)CC3)C2)cc1. The van der Waals surface area contributed by atoms with Gasteiger partial charge in [-0.15, -0.1) is 0 Å². The van der Waals surface area contributed by atoms with Crippen LogP contribution in [0.2, 0.25) is 0 Å². The molecule has 1 aromatic carbocycles. The minimum absolute atomic E-state index is 0.0178. The van der Waals surface area contributed by atoms with E-state index < -0.39 is 35.8 Å². The van der Waals surface area contributed by atoms with E-state index in [9.17, 15) is 30.0 Å². The van der Waals surface area contributed by atoms with Gasteiger partial charge in [-0.3, -0.25) is 4.79 Å². The predicted molar refractivity (Wildman–Crippen MR) is 123 cm³/mol. The van der Waals surface area contributed by atoms with Crippen LogP contribution < -0.4 is 0 Å². The monoisotopic (exact) mass is 521 g/mol. The number of piperidine rings is 1. The van der Waals surface area contributed by atoms with Crippen LogP contribution in [0, 0.1) is 5.92 Å². The highest BCUT2D eigenvalue weighted by Gasteiger charge is 2.36. The number of sulfone groups is 1. The lowest BCUT2D eigenvalue weighted by atomic mass is 9.98. The van der Waals surface area contributed by atoms with Crippen molar-refractivity contribution in [1.29, 1.82) is 0 Å². The summed E-state index contributed by atoms with van der Waals surface area (Å²) in [6.45, 7) is 4.63. The van der Waals surface area contributed by atoms with Gasteiger partial charge in [0.2, 0.25) is 26.0 Å². The quantitative estimate of drug-likeness (QED) is 0.507. The Morgan fingerprint density at radius 1 is 0.970 bits per heavy atom. The summed E-state index contributed by atoms with van der Waals surface area (Å²) in [6.07, 6.45) is 1.05. The number of nitrogens with zero attached hydrogens (tertiary/aromatic N) is 3. The van der Waals surface area contributed by atoms with Gasteiger partial charge in [-0.25, -0.2) is 25.3 Å². The van der Waals surface area contributed by atoms with Crippen molar-refractivity contribution in [2.75, 3.05) is 50.8 Å². The van der Waals surface area contributed by atoms with Crippen LogP contribution in [-0.4, -0.2) is 95.4 Å². The lowest BCUT2D eigenvalue weighted by Gasteiger charge is -2.35. The van der Waals surface area contributed by atoms with E-state index in [2.05, 4.69) is 0 Å². The third kappa shape index (κ3) is 5.59. The van der Waals surface area contributed by atoms with Crippen molar-refractivity contribution in [1.82, 2.24) is 13.5 Å². The second-order valence-corrected chi connectivity index (χ2v) is 14.4. The number of benzene rings is 1. The summed E-state index contributed by atoms with van der Waals surface area (Å²) in [5, 5.41) is 0. The first kappa shape index (κ1) is 26.1. The maximum absolute atomic E-state index is 13.2. The standard InChI is InChI=1S/C20H31N3O7S3/c1-3-22(4-2)32(27,28)18-7-9-19(10-8-18)33(29,30)23-11-5-6-17(16-23)20(24)21-12-14-31(25,26)15-13-21/h7-10,17H,3-6,11-16H2,1-2H3/t17-/m1/s1. The molecule has 3 rings (SSSR count). The van der Waals surface area contributed by atoms with E-state index >= 15 is 0 Å². The second kappa shape index (κ2) is 9.98. The van der Waals surface area contributed by atoms with Gasteiger partial charge in [-0.05, 0) is 37.1 Å². The molecule has 2 aliphatic heterocycles. The van der Waals surface area contributed by atoms with Gasteiger partial charge in [-0.1, -0.05) is 13.8 Å². The van der Waals surface area contributed by atoms with Crippen LogP contribution in [0.3, 0.4) is 0 Å². The number of carbonyl (C=O) groups is 1. The lowest BCUT2D eigenvalue weighted by Crippen LogP contribution is -2.50. The molecule has 10 nitrogen and oxygen atoms in total. The van der Waals surface area contributed by atoms with Gasteiger partial charge < -0.3 is 4.90 Å². The number of sulfonamides is 2. The average Bonchev–Trinajstić information content (AvgIpc) is 2.79. The Bertz CT molecular complexity index is 1160. The lowest BCUT2D eigenvalue weighted by molar-refractivity contribution is -0.136. The van der Waals surface area contributed by atoms with Crippen molar-refractivity contribution >= 4 is 35.8 Å². The molecule has 0 unspecified atom stereocenters. The molecule has 0 saturated carbocycles. The average molecular weight is 522 g/mol. The molecule has 0 N–H and O–H groups in total. The van der Waals surface area contributed by atoms with E-state index in [-0.39, 0.29) is 53.4 Å². The van der Waals surface area contributed by atoms with E-state index in [4.69, 9.17) is 0 Å². The second-order valence-electron chi connectivity index (χ2n) is 8.24. The van der Waals surface area contributed by atoms with Gasteiger partial charge >= 0.3 is 0 Å². The molecule has 2 saturated heterocycles. The number of carbonyl (C=O) groups excluding carboxylic acids is 1. The van der Waals surface area contributed by atoms with Crippen LogP contribution in [0.1, 0.15) is 26.7 Å². The molecular weight excluding hydrogens is 490 g/mol. The van der Waals surface area contributed by atoms with Crippen LogP contribution in [0.4, 0.5) is 0 Å². The zero-order valence-corrected chi connectivity index (χ0v) is 21.3. The van der Waals surface area contributed by atoms with Crippen molar-refractivity contribution < 1.29 is 30.0 Å². The van der Waals surface area contributed by atoms with Gasteiger partial charge in [0.25, 0.3) is 0 Å². The highest BCUT2D eigenvalue weighted by molar-refractivity contribution is 7.91. The smallest absolute Gasteiger partial charge is 0.243 e. The Hall–Kier alpha value is -1.54. The number of amides is 1. The Morgan fingerprint density at radius 2 is 1.52 bits per heavy atom. The van der Waals surface area contributed by atoms with Crippen LogP contribution in [0.25, 0.3) is 0 Å². The van der Waals surface area contributed by atoms with Crippen molar-refractivity contribution in [3.63, 3.8) is 0 Å². The zero-order valence-electron chi connectivity index (χ0n) is 18.9. The molecule has 1 aromatic rings.